The number of nitriles is 1. The summed E-state index contributed by atoms with van der Waals surface area (Å²) in [6.45, 7) is 4.54. The standard InChI is InChI=1S/C21H25N/c1-3-15-5-8-18(9-6-15)20-12-17(4-2)21-11-16(14-22)7-10-19(21)13-20/h7,10-13,15,18H,3-6,8-9H2,1-2H3. The second kappa shape index (κ2) is 6.53. The average molecular weight is 291 g/mol. The van der Waals surface area contributed by atoms with Crippen molar-refractivity contribution in [2.45, 2.75) is 58.3 Å². The van der Waals surface area contributed by atoms with E-state index in [1.54, 1.807) is 0 Å². The number of nitrogens with zero attached hydrogens (tertiary/aromatic N) is 1. The van der Waals surface area contributed by atoms with Crippen LogP contribution < -0.4 is 0 Å². The van der Waals surface area contributed by atoms with Crippen LogP contribution in [-0.2, 0) is 6.42 Å². The number of rotatable bonds is 3. The van der Waals surface area contributed by atoms with Gasteiger partial charge in [-0.05, 0) is 78.0 Å². The van der Waals surface area contributed by atoms with Crippen LogP contribution in [0.15, 0.2) is 30.3 Å². The molecule has 0 aromatic heterocycles. The Morgan fingerprint density at radius 3 is 2.45 bits per heavy atom. The zero-order valence-corrected chi connectivity index (χ0v) is 13.7. The highest BCUT2D eigenvalue weighted by Crippen LogP contribution is 2.38. The van der Waals surface area contributed by atoms with Crippen LogP contribution in [0.5, 0.6) is 0 Å². The van der Waals surface area contributed by atoms with E-state index in [9.17, 15) is 0 Å². The van der Waals surface area contributed by atoms with Crippen LogP contribution in [0, 0.1) is 17.2 Å². The third-order valence-corrected chi connectivity index (χ3v) is 5.47. The normalized spacial score (nSPS) is 21.7. The summed E-state index contributed by atoms with van der Waals surface area (Å²) >= 11 is 0. The Bertz CT molecular complexity index is 700. The molecule has 0 radical (unpaired) electrons. The lowest BCUT2D eigenvalue weighted by Crippen LogP contribution is -2.12. The van der Waals surface area contributed by atoms with Crippen molar-refractivity contribution in [2.75, 3.05) is 0 Å². The van der Waals surface area contributed by atoms with Gasteiger partial charge in [-0.2, -0.15) is 5.26 Å². The largest absolute Gasteiger partial charge is 0.192 e. The van der Waals surface area contributed by atoms with Gasteiger partial charge in [-0.3, -0.25) is 0 Å². The monoisotopic (exact) mass is 291 g/mol. The summed E-state index contributed by atoms with van der Waals surface area (Å²) in [6.07, 6.45) is 7.81. The Balaban J connectivity index is 1.96. The van der Waals surface area contributed by atoms with Gasteiger partial charge in [0, 0.05) is 0 Å². The van der Waals surface area contributed by atoms with Crippen molar-refractivity contribution in [1.82, 2.24) is 0 Å². The number of fused-ring (bicyclic) bond motifs is 1. The van der Waals surface area contributed by atoms with Crippen LogP contribution in [0.2, 0.25) is 0 Å². The molecule has 0 aliphatic heterocycles. The highest BCUT2D eigenvalue weighted by Gasteiger charge is 2.22. The molecule has 2 aromatic rings. The fourth-order valence-electron chi connectivity index (χ4n) is 3.96. The highest BCUT2D eigenvalue weighted by atomic mass is 14.3. The molecule has 0 atom stereocenters. The minimum absolute atomic E-state index is 0.730. The van der Waals surface area contributed by atoms with Gasteiger partial charge in [-0.15, -0.1) is 0 Å². The lowest BCUT2D eigenvalue weighted by atomic mass is 9.77. The van der Waals surface area contributed by atoms with E-state index in [1.807, 2.05) is 12.1 Å². The van der Waals surface area contributed by atoms with Gasteiger partial charge in [0.25, 0.3) is 0 Å². The summed E-state index contributed by atoms with van der Waals surface area (Å²) in [6, 6.07) is 13.1. The molecular formula is C21H25N. The molecule has 0 N–H and O–H groups in total. The third kappa shape index (κ3) is 2.88. The molecule has 1 aliphatic rings. The van der Waals surface area contributed by atoms with Gasteiger partial charge < -0.3 is 0 Å². The number of aryl methyl sites for hydroxylation is 1. The molecular weight excluding hydrogens is 266 g/mol. The zero-order chi connectivity index (χ0) is 15.5. The molecule has 114 valence electrons. The molecule has 2 aromatic carbocycles. The van der Waals surface area contributed by atoms with E-state index >= 15 is 0 Å². The lowest BCUT2D eigenvalue weighted by Gasteiger charge is -2.28. The molecule has 0 unspecified atom stereocenters. The maximum atomic E-state index is 9.12. The Morgan fingerprint density at radius 2 is 1.82 bits per heavy atom. The first-order valence-electron chi connectivity index (χ1n) is 8.71. The fraction of sp³-hybridized carbons (Fsp3) is 0.476. The van der Waals surface area contributed by atoms with Gasteiger partial charge in [0.2, 0.25) is 0 Å². The topological polar surface area (TPSA) is 23.8 Å². The predicted octanol–water partition coefficient (Wildman–Crippen LogP) is 5.96. The number of benzene rings is 2. The van der Waals surface area contributed by atoms with Crippen molar-refractivity contribution in [3.8, 4) is 6.07 Å². The van der Waals surface area contributed by atoms with Gasteiger partial charge in [0.15, 0.2) is 0 Å². The molecule has 0 saturated heterocycles. The molecule has 22 heavy (non-hydrogen) atoms. The Hall–Kier alpha value is -1.81. The van der Waals surface area contributed by atoms with Crippen LogP contribution in [-0.4, -0.2) is 0 Å². The molecule has 3 rings (SSSR count). The molecule has 1 nitrogen and oxygen atoms in total. The van der Waals surface area contributed by atoms with Crippen molar-refractivity contribution in [2.24, 2.45) is 5.92 Å². The van der Waals surface area contributed by atoms with Gasteiger partial charge in [-0.25, -0.2) is 0 Å². The molecule has 1 aliphatic carbocycles. The van der Waals surface area contributed by atoms with Gasteiger partial charge in [0.1, 0.15) is 0 Å². The average Bonchev–Trinajstić information content (AvgIpc) is 2.60. The van der Waals surface area contributed by atoms with Crippen molar-refractivity contribution in [1.29, 1.82) is 5.26 Å². The van der Waals surface area contributed by atoms with Crippen molar-refractivity contribution < 1.29 is 0 Å². The Morgan fingerprint density at radius 1 is 1.05 bits per heavy atom. The van der Waals surface area contributed by atoms with Crippen molar-refractivity contribution >= 4 is 10.8 Å². The highest BCUT2D eigenvalue weighted by molar-refractivity contribution is 5.87. The molecule has 1 fully saturated rings. The summed E-state index contributed by atoms with van der Waals surface area (Å²) < 4.78 is 0. The zero-order valence-electron chi connectivity index (χ0n) is 13.7. The second-order valence-corrected chi connectivity index (χ2v) is 6.71. The van der Waals surface area contributed by atoms with E-state index in [1.165, 1.54) is 54.0 Å². The predicted molar refractivity (Wildman–Crippen MR) is 93.0 cm³/mol. The first-order chi connectivity index (χ1) is 10.7. The van der Waals surface area contributed by atoms with Crippen LogP contribution in [0.1, 0.15) is 68.6 Å². The minimum atomic E-state index is 0.730. The van der Waals surface area contributed by atoms with Crippen LogP contribution in [0.3, 0.4) is 0 Å². The lowest BCUT2D eigenvalue weighted by molar-refractivity contribution is 0.319. The first kappa shape index (κ1) is 15.1. The Labute approximate surface area is 134 Å². The van der Waals surface area contributed by atoms with E-state index in [0.717, 1.165) is 23.8 Å². The molecule has 0 heterocycles. The van der Waals surface area contributed by atoms with Gasteiger partial charge in [-0.1, -0.05) is 38.5 Å². The van der Waals surface area contributed by atoms with E-state index in [4.69, 9.17) is 5.26 Å². The Kier molecular flexibility index (Phi) is 4.48. The molecule has 0 bridgehead atoms. The van der Waals surface area contributed by atoms with E-state index in [0.29, 0.717) is 0 Å². The van der Waals surface area contributed by atoms with Gasteiger partial charge in [0.05, 0.1) is 11.6 Å². The van der Waals surface area contributed by atoms with E-state index in [2.05, 4.69) is 38.1 Å². The van der Waals surface area contributed by atoms with E-state index < -0.39 is 0 Å². The van der Waals surface area contributed by atoms with Crippen LogP contribution >= 0.6 is 0 Å². The van der Waals surface area contributed by atoms with Crippen LogP contribution in [0.4, 0.5) is 0 Å². The van der Waals surface area contributed by atoms with Crippen molar-refractivity contribution in [3.05, 3.63) is 47.0 Å². The smallest absolute Gasteiger partial charge is 0.0991 e. The number of hydrogen-bond donors (Lipinski definition) is 0. The molecule has 1 saturated carbocycles. The van der Waals surface area contributed by atoms with Gasteiger partial charge >= 0.3 is 0 Å². The maximum absolute atomic E-state index is 9.12. The number of hydrogen-bond acceptors (Lipinski definition) is 1. The van der Waals surface area contributed by atoms with Crippen molar-refractivity contribution in [3.63, 3.8) is 0 Å². The molecule has 0 amide bonds. The summed E-state index contributed by atoms with van der Waals surface area (Å²) in [5.74, 6) is 1.67. The minimum Gasteiger partial charge on any atom is -0.192 e. The second-order valence-electron chi connectivity index (χ2n) is 6.71. The SMILES string of the molecule is CCc1cc(C2CCC(CC)CC2)cc2ccc(C#N)cc12. The maximum Gasteiger partial charge on any atom is 0.0991 e. The summed E-state index contributed by atoms with van der Waals surface area (Å²) in [5, 5.41) is 11.7. The quantitative estimate of drug-likeness (QED) is 0.684. The third-order valence-electron chi connectivity index (χ3n) is 5.47. The first-order valence-corrected chi connectivity index (χ1v) is 8.71. The fourth-order valence-corrected chi connectivity index (χ4v) is 3.96. The summed E-state index contributed by atoms with van der Waals surface area (Å²) in [7, 11) is 0. The van der Waals surface area contributed by atoms with E-state index in [-0.39, 0.29) is 0 Å². The molecule has 1 heteroatoms. The van der Waals surface area contributed by atoms with Crippen LogP contribution in [0.25, 0.3) is 10.8 Å². The molecule has 0 spiro atoms. The summed E-state index contributed by atoms with van der Waals surface area (Å²) in [4.78, 5) is 0. The summed E-state index contributed by atoms with van der Waals surface area (Å²) in [5.41, 5.74) is 3.67.